The Morgan fingerprint density at radius 3 is 2.24 bits per heavy atom. The van der Waals surface area contributed by atoms with Gasteiger partial charge >= 0.3 is 6.09 Å². The standard InChI is InChI=1S/C20H38N2O3/c1-5-6-7-8-9-10-11-12-15-21-18(23)17-14-13-16-22(17)19(24)25-20(2,3)4/h17H,5-16H2,1-4H3,(H,21,23). The van der Waals surface area contributed by atoms with Crippen molar-refractivity contribution in [2.45, 2.75) is 104 Å². The van der Waals surface area contributed by atoms with Gasteiger partial charge in [-0.2, -0.15) is 0 Å². The van der Waals surface area contributed by atoms with E-state index in [2.05, 4.69) is 12.2 Å². The number of hydrogen-bond donors (Lipinski definition) is 1. The monoisotopic (exact) mass is 354 g/mol. The number of carbonyl (C=O) groups excluding carboxylic acids is 2. The zero-order chi connectivity index (χ0) is 18.7. The number of likely N-dealkylation sites (tertiary alicyclic amines) is 1. The van der Waals surface area contributed by atoms with E-state index in [0.29, 0.717) is 13.1 Å². The van der Waals surface area contributed by atoms with Crippen LogP contribution in [0.25, 0.3) is 0 Å². The van der Waals surface area contributed by atoms with Gasteiger partial charge in [-0.25, -0.2) is 4.79 Å². The smallest absolute Gasteiger partial charge is 0.410 e. The fraction of sp³-hybridized carbons (Fsp3) is 0.900. The van der Waals surface area contributed by atoms with E-state index in [1.54, 1.807) is 4.90 Å². The lowest BCUT2D eigenvalue weighted by Crippen LogP contribution is -2.47. The SMILES string of the molecule is CCCCCCCCCCNC(=O)C1CCCN1C(=O)OC(C)(C)C. The second-order valence-electron chi connectivity index (χ2n) is 8.10. The molecule has 1 rings (SSSR count). The summed E-state index contributed by atoms with van der Waals surface area (Å²) in [6, 6.07) is -0.371. The van der Waals surface area contributed by atoms with Crippen molar-refractivity contribution in [3.63, 3.8) is 0 Å². The Hall–Kier alpha value is -1.26. The Morgan fingerprint density at radius 1 is 1.04 bits per heavy atom. The Bertz CT molecular complexity index is 404. The Labute approximate surface area is 153 Å². The highest BCUT2D eigenvalue weighted by Crippen LogP contribution is 2.21. The zero-order valence-electron chi connectivity index (χ0n) is 16.7. The van der Waals surface area contributed by atoms with Gasteiger partial charge in [0, 0.05) is 13.1 Å². The first-order valence-electron chi connectivity index (χ1n) is 10.1. The number of ether oxygens (including phenoxy) is 1. The summed E-state index contributed by atoms with van der Waals surface area (Å²) in [5.74, 6) is -0.0358. The predicted molar refractivity (Wildman–Crippen MR) is 102 cm³/mol. The van der Waals surface area contributed by atoms with E-state index in [-0.39, 0.29) is 18.0 Å². The molecule has 1 aliphatic heterocycles. The van der Waals surface area contributed by atoms with Crippen LogP contribution in [0, 0.1) is 0 Å². The molecule has 0 aromatic carbocycles. The molecule has 0 bridgehead atoms. The summed E-state index contributed by atoms with van der Waals surface area (Å²) in [6.45, 7) is 9.07. The third kappa shape index (κ3) is 9.13. The van der Waals surface area contributed by atoms with Crippen LogP contribution in [0.4, 0.5) is 4.79 Å². The van der Waals surface area contributed by atoms with E-state index in [9.17, 15) is 9.59 Å². The summed E-state index contributed by atoms with van der Waals surface area (Å²) >= 11 is 0. The number of hydrogen-bond acceptors (Lipinski definition) is 3. The molecule has 5 heteroatoms. The molecule has 25 heavy (non-hydrogen) atoms. The number of rotatable bonds is 10. The Kier molecular flexibility index (Phi) is 9.91. The van der Waals surface area contributed by atoms with Crippen LogP contribution in [0.2, 0.25) is 0 Å². The molecule has 0 spiro atoms. The molecule has 5 nitrogen and oxygen atoms in total. The second kappa shape index (κ2) is 11.4. The molecule has 0 aromatic heterocycles. The third-order valence-corrected chi connectivity index (χ3v) is 4.51. The summed E-state index contributed by atoms with van der Waals surface area (Å²) in [6.07, 6.45) is 11.2. The summed E-state index contributed by atoms with van der Waals surface area (Å²) in [4.78, 5) is 26.2. The lowest BCUT2D eigenvalue weighted by atomic mass is 10.1. The molecular formula is C20H38N2O3. The number of nitrogens with zero attached hydrogens (tertiary/aromatic N) is 1. The van der Waals surface area contributed by atoms with Crippen LogP contribution in [-0.2, 0) is 9.53 Å². The molecule has 0 aromatic rings. The number of nitrogens with one attached hydrogen (secondary N) is 1. The van der Waals surface area contributed by atoms with E-state index < -0.39 is 5.60 Å². The molecular weight excluding hydrogens is 316 g/mol. The predicted octanol–water partition coefficient (Wildman–Crippen LogP) is 4.64. The molecule has 1 aliphatic rings. The van der Waals surface area contributed by atoms with E-state index in [1.165, 1.54) is 38.5 Å². The average molecular weight is 355 g/mol. The number of amides is 2. The highest BCUT2D eigenvalue weighted by molar-refractivity contribution is 5.86. The summed E-state index contributed by atoms with van der Waals surface area (Å²) < 4.78 is 5.41. The molecule has 1 fully saturated rings. The van der Waals surface area contributed by atoms with Crippen molar-refractivity contribution in [1.29, 1.82) is 0 Å². The third-order valence-electron chi connectivity index (χ3n) is 4.51. The first-order chi connectivity index (χ1) is 11.8. The maximum atomic E-state index is 12.4. The van der Waals surface area contributed by atoms with Crippen LogP contribution in [0.3, 0.4) is 0 Å². The van der Waals surface area contributed by atoms with Crippen LogP contribution >= 0.6 is 0 Å². The van der Waals surface area contributed by atoms with Gasteiger partial charge in [0.2, 0.25) is 5.91 Å². The minimum absolute atomic E-state index is 0.0358. The molecule has 0 saturated carbocycles. The van der Waals surface area contributed by atoms with Crippen LogP contribution in [0.1, 0.15) is 91.9 Å². The van der Waals surface area contributed by atoms with Gasteiger partial charge in [-0.3, -0.25) is 9.69 Å². The first kappa shape index (κ1) is 21.8. The molecule has 146 valence electrons. The molecule has 0 radical (unpaired) electrons. The van der Waals surface area contributed by atoms with Crippen LogP contribution in [0.5, 0.6) is 0 Å². The van der Waals surface area contributed by atoms with Crippen molar-refractivity contribution in [2.24, 2.45) is 0 Å². The molecule has 1 heterocycles. The quantitative estimate of drug-likeness (QED) is 0.581. The lowest BCUT2D eigenvalue weighted by molar-refractivity contribution is -0.125. The lowest BCUT2D eigenvalue weighted by Gasteiger charge is -2.28. The van der Waals surface area contributed by atoms with Crippen molar-refractivity contribution in [3.05, 3.63) is 0 Å². The van der Waals surface area contributed by atoms with Crippen LogP contribution < -0.4 is 5.32 Å². The van der Waals surface area contributed by atoms with Crippen LogP contribution in [0.15, 0.2) is 0 Å². The molecule has 1 saturated heterocycles. The maximum Gasteiger partial charge on any atom is 0.410 e. The highest BCUT2D eigenvalue weighted by atomic mass is 16.6. The Balaban J connectivity index is 2.20. The minimum Gasteiger partial charge on any atom is -0.444 e. The molecule has 1 unspecified atom stereocenters. The fourth-order valence-corrected chi connectivity index (χ4v) is 3.17. The average Bonchev–Trinajstić information content (AvgIpc) is 3.01. The first-order valence-corrected chi connectivity index (χ1v) is 10.1. The Morgan fingerprint density at radius 2 is 1.64 bits per heavy atom. The summed E-state index contributed by atoms with van der Waals surface area (Å²) in [7, 11) is 0. The van der Waals surface area contributed by atoms with Gasteiger partial charge in [0.25, 0.3) is 0 Å². The topological polar surface area (TPSA) is 58.6 Å². The van der Waals surface area contributed by atoms with Crippen molar-refractivity contribution in [2.75, 3.05) is 13.1 Å². The van der Waals surface area contributed by atoms with Gasteiger partial charge in [0.15, 0.2) is 0 Å². The van der Waals surface area contributed by atoms with E-state index in [1.807, 2.05) is 20.8 Å². The summed E-state index contributed by atoms with van der Waals surface area (Å²) in [5, 5.41) is 3.00. The van der Waals surface area contributed by atoms with Gasteiger partial charge in [-0.15, -0.1) is 0 Å². The van der Waals surface area contributed by atoms with Gasteiger partial charge in [-0.05, 0) is 40.0 Å². The summed E-state index contributed by atoms with van der Waals surface area (Å²) in [5.41, 5.74) is -0.530. The fourth-order valence-electron chi connectivity index (χ4n) is 3.17. The minimum atomic E-state index is -0.530. The molecule has 2 amide bonds. The molecule has 1 N–H and O–H groups in total. The van der Waals surface area contributed by atoms with Crippen molar-refractivity contribution >= 4 is 12.0 Å². The largest absolute Gasteiger partial charge is 0.444 e. The van der Waals surface area contributed by atoms with E-state index >= 15 is 0 Å². The van der Waals surface area contributed by atoms with Gasteiger partial charge in [-0.1, -0.05) is 51.9 Å². The van der Waals surface area contributed by atoms with Crippen molar-refractivity contribution in [1.82, 2.24) is 10.2 Å². The number of unbranched alkanes of at least 4 members (excludes halogenated alkanes) is 7. The van der Waals surface area contributed by atoms with E-state index in [0.717, 1.165) is 25.7 Å². The van der Waals surface area contributed by atoms with Crippen molar-refractivity contribution in [3.8, 4) is 0 Å². The van der Waals surface area contributed by atoms with Gasteiger partial charge < -0.3 is 10.1 Å². The van der Waals surface area contributed by atoms with E-state index in [4.69, 9.17) is 4.74 Å². The van der Waals surface area contributed by atoms with Gasteiger partial charge in [0.1, 0.15) is 11.6 Å². The molecule has 0 aliphatic carbocycles. The normalized spacial score (nSPS) is 17.6. The number of carbonyl (C=O) groups is 2. The zero-order valence-corrected chi connectivity index (χ0v) is 16.7. The van der Waals surface area contributed by atoms with Crippen molar-refractivity contribution < 1.29 is 14.3 Å². The second-order valence-corrected chi connectivity index (χ2v) is 8.10. The van der Waals surface area contributed by atoms with Crippen LogP contribution in [-0.4, -0.2) is 41.6 Å². The molecule has 1 atom stereocenters. The van der Waals surface area contributed by atoms with Gasteiger partial charge in [0.05, 0.1) is 0 Å². The highest BCUT2D eigenvalue weighted by Gasteiger charge is 2.36. The maximum absolute atomic E-state index is 12.4.